The predicted octanol–water partition coefficient (Wildman–Crippen LogP) is 2.56. The number of nitrogens with zero attached hydrogens (tertiary/aromatic N) is 4. The molecule has 142 valence electrons. The van der Waals surface area contributed by atoms with Crippen molar-refractivity contribution in [2.45, 2.75) is 53.3 Å². The molecule has 0 amide bonds. The van der Waals surface area contributed by atoms with Gasteiger partial charge < -0.3 is 15.4 Å². The second kappa shape index (κ2) is 9.79. The van der Waals surface area contributed by atoms with E-state index in [1.54, 1.807) is 11.0 Å². The summed E-state index contributed by atoms with van der Waals surface area (Å²) in [5.74, 6) is 2.50. The first-order valence-electron chi connectivity index (χ1n) is 9.14. The zero-order chi connectivity index (χ0) is 18.9. The molecule has 0 aliphatic carbocycles. The number of rotatable bonds is 8. The first-order valence-corrected chi connectivity index (χ1v) is 9.14. The molecule has 0 spiro atoms. The first-order chi connectivity index (χ1) is 12.5. The fourth-order valence-corrected chi connectivity index (χ4v) is 2.35. The number of aromatic nitrogens is 3. The smallest absolute Gasteiger partial charge is 0.191 e. The monoisotopic (exact) mass is 358 g/mol. The van der Waals surface area contributed by atoms with Crippen LogP contribution in [0.4, 0.5) is 0 Å². The van der Waals surface area contributed by atoms with Crippen LogP contribution in [0.2, 0.25) is 0 Å². The fourth-order valence-electron chi connectivity index (χ4n) is 2.35. The van der Waals surface area contributed by atoms with E-state index < -0.39 is 0 Å². The number of hydrogen-bond acceptors (Lipinski definition) is 4. The molecule has 1 atom stereocenters. The van der Waals surface area contributed by atoms with E-state index in [1.807, 2.05) is 14.0 Å². The number of aryl methyl sites for hydroxylation is 2. The van der Waals surface area contributed by atoms with Gasteiger partial charge in [0.05, 0.1) is 19.2 Å². The molecule has 1 aromatic heterocycles. The molecule has 1 unspecified atom stereocenters. The Labute approximate surface area is 155 Å². The predicted molar refractivity (Wildman–Crippen MR) is 104 cm³/mol. The van der Waals surface area contributed by atoms with Gasteiger partial charge in [-0.15, -0.1) is 0 Å². The van der Waals surface area contributed by atoms with E-state index >= 15 is 0 Å². The molecular formula is C19H30N6O. The Balaban J connectivity index is 2.09. The van der Waals surface area contributed by atoms with Gasteiger partial charge in [-0.3, -0.25) is 4.68 Å². The number of nitrogens with one attached hydrogen (secondary N) is 2. The summed E-state index contributed by atoms with van der Waals surface area (Å²) in [6.07, 6.45) is 2.70. The quantitative estimate of drug-likeness (QED) is 0.560. The van der Waals surface area contributed by atoms with Crippen molar-refractivity contribution in [2.75, 3.05) is 6.54 Å². The molecule has 2 N–H and O–H groups in total. The molecule has 1 heterocycles. The van der Waals surface area contributed by atoms with Gasteiger partial charge in [-0.25, -0.2) is 9.98 Å². The van der Waals surface area contributed by atoms with E-state index in [-0.39, 0.29) is 6.10 Å². The average molecular weight is 358 g/mol. The van der Waals surface area contributed by atoms with Gasteiger partial charge >= 0.3 is 0 Å². The summed E-state index contributed by atoms with van der Waals surface area (Å²) in [6.45, 7) is 10.2. The minimum Gasteiger partial charge on any atom is -0.490 e. The number of aliphatic imine (C=N–C) groups is 1. The Morgan fingerprint density at radius 1 is 1.31 bits per heavy atom. The van der Waals surface area contributed by atoms with E-state index in [2.05, 4.69) is 59.7 Å². The van der Waals surface area contributed by atoms with E-state index in [0.717, 1.165) is 36.1 Å². The molecule has 26 heavy (non-hydrogen) atoms. The first kappa shape index (κ1) is 19.8. The average Bonchev–Trinajstić information content (AvgIpc) is 3.03. The van der Waals surface area contributed by atoms with Crippen molar-refractivity contribution in [1.29, 1.82) is 0 Å². The van der Waals surface area contributed by atoms with Crippen LogP contribution >= 0.6 is 0 Å². The van der Waals surface area contributed by atoms with Crippen molar-refractivity contribution in [1.82, 2.24) is 25.4 Å². The third-order valence-electron chi connectivity index (χ3n) is 4.10. The van der Waals surface area contributed by atoms with Crippen molar-refractivity contribution < 1.29 is 4.74 Å². The normalized spacial score (nSPS) is 12.7. The summed E-state index contributed by atoms with van der Waals surface area (Å²) in [6, 6.07) is 6.26. The number of hydrogen-bond donors (Lipinski definition) is 2. The van der Waals surface area contributed by atoms with E-state index in [4.69, 9.17) is 9.73 Å². The molecule has 0 saturated carbocycles. The van der Waals surface area contributed by atoms with Crippen LogP contribution in [0.3, 0.4) is 0 Å². The molecule has 2 aromatic rings. The lowest BCUT2D eigenvalue weighted by atomic mass is 10.1. The molecule has 0 fully saturated rings. The van der Waals surface area contributed by atoms with Crippen molar-refractivity contribution in [3.05, 3.63) is 41.5 Å². The highest BCUT2D eigenvalue weighted by molar-refractivity contribution is 5.79. The highest BCUT2D eigenvalue weighted by Crippen LogP contribution is 2.23. The second-order valence-electron chi connectivity index (χ2n) is 6.30. The third kappa shape index (κ3) is 5.75. The van der Waals surface area contributed by atoms with Crippen LogP contribution < -0.4 is 15.4 Å². The zero-order valence-electron chi connectivity index (χ0n) is 16.4. The molecule has 0 saturated heterocycles. The molecular weight excluding hydrogens is 328 g/mol. The largest absolute Gasteiger partial charge is 0.490 e. The maximum Gasteiger partial charge on any atom is 0.191 e. The van der Waals surface area contributed by atoms with Crippen LogP contribution in [0.25, 0.3) is 0 Å². The lowest BCUT2D eigenvalue weighted by Gasteiger charge is -2.17. The van der Waals surface area contributed by atoms with Crippen LogP contribution in [0.1, 0.15) is 44.1 Å². The molecule has 7 nitrogen and oxygen atoms in total. The van der Waals surface area contributed by atoms with Gasteiger partial charge in [0.1, 0.15) is 17.9 Å². The van der Waals surface area contributed by atoms with Gasteiger partial charge in [-0.2, -0.15) is 5.10 Å². The fraction of sp³-hybridized carbons (Fsp3) is 0.526. The molecule has 0 aliphatic heterocycles. The van der Waals surface area contributed by atoms with E-state index in [0.29, 0.717) is 13.1 Å². The summed E-state index contributed by atoms with van der Waals surface area (Å²) in [7, 11) is 1.87. The lowest BCUT2D eigenvalue weighted by Crippen LogP contribution is -2.37. The number of benzene rings is 1. The van der Waals surface area contributed by atoms with Crippen LogP contribution in [0.5, 0.6) is 5.75 Å². The van der Waals surface area contributed by atoms with Gasteiger partial charge in [-0.1, -0.05) is 19.1 Å². The van der Waals surface area contributed by atoms with Gasteiger partial charge in [0.15, 0.2) is 5.96 Å². The molecule has 1 aromatic carbocycles. The highest BCUT2D eigenvalue weighted by Gasteiger charge is 2.09. The Morgan fingerprint density at radius 3 is 2.77 bits per heavy atom. The standard InChI is InChI=1S/C19H30N6O/c1-6-15(4)26-17-10-14(3)8-9-16(17)11-21-19(20-7-2)22-12-18-23-13-24-25(18)5/h8-10,13,15H,6-7,11-12H2,1-5H3,(H2,20,21,22). The van der Waals surface area contributed by atoms with Crippen molar-refractivity contribution in [3.63, 3.8) is 0 Å². The van der Waals surface area contributed by atoms with Crippen molar-refractivity contribution in [2.24, 2.45) is 12.0 Å². The van der Waals surface area contributed by atoms with Crippen molar-refractivity contribution >= 4 is 5.96 Å². The summed E-state index contributed by atoms with van der Waals surface area (Å²) in [5.41, 5.74) is 2.26. The summed E-state index contributed by atoms with van der Waals surface area (Å²) in [5, 5.41) is 10.6. The Hall–Kier alpha value is -2.57. The zero-order valence-corrected chi connectivity index (χ0v) is 16.4. The summed E-state index contributed by atoms with van der Waals surface area (Å²) >= 11 is 0. The molecule has 7 heteroatoms. The molecule has 0 radical (unpaired) electrons. The van der Waals surface area contributed by atoms with Gasteiger partial charge in [-0.05, 0) is 38.8 Å². The second-order valence-corrected chi connectivity index (χ2v) is 6.30. The Bertz CT molecular complexity index is 725. The number of guanidine groups is 1. The van der Waals surface area contributed by atoms with E-state index in [9.17, 15) is 0 Å². The summed E-state index contributed by atoms with van der Waals surface area (Å²) < 4.78 is 7.82. The molecule has 2 rings (SSSR count). The maximum absolute atomic E-state index is 6.07. The maximum atomic E-state index is 6.07. The minimum atomic E-state index is 0.182. The SMILES string of the molecule is CCNC(=NCc1ccc(C)cc1OC(C)CC)NCc1ncnn1C. The van der Waals surface area contributed by atoms with E-state index in [1.165, 1.54) is 5.56 Å². The Morgan fingerprint density at radius 2 is 2.12 bits per heavy atom. The van der Waals surface area contributed by atoms with Crippen LogP contribution in [0.15, 0.2) is 29.5 Å². The van der Waals surface area contributed by atoms with Crippen LogP contribution in [0, 0.1) is 6.92 Å². The Kier molecular flexibility index (Phi) is 7.44. The van der Waals surface area contributed by atoms with Gasteiger partial charge in [0, 0.05) is 19.2 Å². The summed E-state index contributed by atoms with van der Waals surface area (Å²) in [4.78, 5) is 8.91. The molecule has 0 aliphatic rings. The van der Waals surface area contributed by atoms with Gasteiger partial charge in [0.25, 0.3) is 0 Å². The topological polar surface area (TPSA) is 76.4 Å². The minimum absolute atomic E-state index is 0.182. The lowest BCUT2D eigenvalue weighted by molar-refractivity contribution is 0.215. The van der Waals surface area contributed by atoms with Crippen LogP contribution in [-0.4, -0.2) is 33.4 Å². The third-order valence-corrected chi connectivity index (χ3v) is 4.10. The van der Waals surface area contributed by atoms with Crippen LogP contribution in [-0.2, 0) is 20.1 Å². The molecule has 0 bridgehead atoms. The number of ether oxygens (including phenoxy) is 1. The van der Waals surface area contributed by atoms with Crippen molar-refractivity contribution in [3.8, 4) is 5.75 Å². The van der Waals surface area contributed by atoms with Gasteiger partial charge in [0.2, 0.25) is 0 Å². The highest BCUT2D eigenvalue weighted by atomic mass is 16.5.